The molecule has 174 valence electrons. The number of carbonyl (C=O) groups excluding carboxylic acids is 1. The minimum Gasteiger partial charge on any atom is -0.356 e. The summed E-state index contributed by atoms with van der Waals surface area (Å²) in [5, 5.41) is 12.8. The molecule has 0 aliphatic rings. The van der Waals surface area contributed by atoms with E-state index >= 15 is 0 Å². The third-order valence-corrected chi connectivity index (χ3v) is 6.60. The summed E-state index contributed by atoms with van der Waals surface area (Å²) in [4.78, 5) is 12.5. The van der Waals surface area contributed by atoms with E-state index in [1.165, 1.54) is 22.3 Å². The van der Waals surface area contributed by atoms with E-state index in [-0.39, 0.29) is 5.91 Å². The van der Waals surface area contributed by atoms with E-state index in [4.69, 9.17) is 0 Å². The van der Waals surface area contributed by atoms with E-state index in [1.807, 2.05) is 18.2 Å². The highest BCUT2D eigenvalue weighted by Crippen LogP contribution is 2.26. The van der Waals surface area contributed by atoms with Gasteiger partial charge in [0.1, 0.15) is 5.82 Å². The van der Waals surface area contributed by atoms with Gasteiger partial charge in [0.05, 0.1) is 0 Å². The molecule has 0 aliphatic heterocycles. The number of aromatic nitrogens is 3. The molecule has 3 aromatic carbocycles. The second kappa shape index (κ2) is 11.7. The Balaban J connectivity index is 1.42. The second-order valence-corrected chi connectivity index (χ2v) is 9.38. The Hall–Kier alpha value is -3.38. The number of benzene rings is 3. The van der Waals surface area contributed by atoms with Gasteiger partial charge in [-0.1, -0.05) is 89.6 Å². The van der Waals surface area contributed by atoms with Crippen LogP contribution in [-0.2, 0) is 23.4 Å². The quantitative estimate of drug-likeness (QED) is 0.312. The molecule has 0 atom stereocenters. The maximum absolute atomic E-state index is 12.5. The van der Waals surface area contributed by atoms with Crippen LogP contribution in [0.1, 0.15) is 34.5 Å². The molecule has 1 N–H and O–H groups in total. The minimum absolute atomic E-state index is 0.0309. The first-order chi connectivity index (χ1) is 16.6. The molecule has 5 nitrogen and oxygen atoms in total. The molecule has 0 radical (unpaired) electrons. The third-order valence-electron chi connectivity index (χ3n) is 5.60. The molecular formula is C28H30N4OS. The summed E-state index contributed by atoms with van der Waals surface area (Å²) >= 11 is 1.66. The fourth-order valence-corrected chi connectivity index (χ4v) is 4.68. The number of hydrogen-bond donors (Lipinski definition) is 1. The maximum atomic E-state index is 12.5. The zero-order chi connectivity index (χ0) is 23.8. The van der Waals surface area contributed by atoms with Gasteiger partial charge in [0, 0.05) is 30.8 Å². The van der Waals surface area contributed by atoms with Gasteiger partial charge >= 0.3 is 0 Å². The van der Waals surface area contributed by atoms with Crippen LogP contribution in [0.5, 0.6) is 0 Å². The molecule has 6 heteroatoms. The van der Waals surface area contributed by atoms with Gasteiger partial charge in [0.2, 0.25) is 5.91 Å². The van der Waals surface area contributed by atoms with Gasteiger partial charge in [0.15, 0.2) is 5.16 Å². The number of rotatable bonds is 10. The molecule has 0 fully saturated rings. The SMILES string of the molecule is Cc1ccc(-n2c(CCC(=O)NCCc3ccccc3)nnc2SCc2cccc(C)c2)cc1. The molecule has 0 unspecified atom stereocenters. The highest BCUT2D eigenvalue weighted by Gasteiger charge is 2.16. The lowest BCUT2D eigenvalue weighted by Crippen LogP contribution is -2.26. The predicted octanol–water partition coefficient (Wildman–Crippen LogP) is 5.47. The first kappa shape index (κ1) is 23.8. The van der Waals surface area contributed by atoms with Gasteiger partial charge in [-0.25, -0.2) is 0 Å². The van der Waals surface area contributed by atoms with E-state index in [1.54, 1.807) is 11.8 Å². The summed E-state index contributed by atoms with van der Waals surface area (Å²) in [6.07, 6.45) is 1.73. The molecule has 0 spiro atoms. The van der Waals surface area contributed by atoms with Gasteiger partial charge in [-0.15, -0.1) is 10.2 Å². The summed E-state index contributed by atoms with van der Waals surface area (Å²) in [5.41, 5.74) is 5.93. The number of aryl methyl sites for hydroxylation is 3. The summed E-state index contributed by atoms with van der Waals surface area (Å²) in [6, 6.07) is 27.0. The Morgan fingerprint density at radius 1 is 0.853 bits per heavy atom. The standard InChI is InChI=1S/C28H30N4OS/c1-21-11-13-25(14-12-21)32-26(15-16-27(33)29-18-17-23-8-4-3-5-9-23)30-31-28(32)34-20-24-10-6-7-22(2)19-24/h3-14,19H,15-18,20H2,1-2H3,(H,29,33). The fraction of sp³-hybridized carbons (Fsp3) is 0.250. The van der Waals surface area contributed by atoms with Crippen molar-refractivity contribution in [2.24, 2.45) is 0 Å². The highest BCUT2D eigenvalue weighted by atomic mass is 32.2. The van der Waals surface area contributed by atoms with Crippen molar-refractivity contribution in [1.29, 1.82) is 0 Å². The third kappa shape index (κ3) is 6.58. The Kier molecular flexibility index (Phi) is 8.15. The van der Waals surface area contributed by atoms with Crippen LogP contribution in [0.15, 0.2) is 84.0 Å². The summed E-state index contributed by atoms with van der Waals surface area (Å²) < 4.78 is 2.08. The normalized spacial score (nSPS) is 10.9. The summed E-state index contributed by atoms with van der Waals surface area (Å²) in [6.45, 7) is 4.81. The van der Waals surface area contributed by atoms with E-state index in [0.717, 1.165) is 28.8 Å². The van der Waals surface area contributed by atoms with E-state index < -0.39 is 0 Å². The van der Waals surface area contributed by atoms with Crippen LogP contribution >= 0.6 is 11.8 Å². The van der Waals surface area contributed by atoms with Crippen LogP contribution in [0.3, 0.4) is 0 Å². The molecule has 0 saturated carbocycles. The average molecular weight is 471 g/mol. The van der Waals surface area contributed by atoms with Crippen molar-refractivity contribution in [2.75, 3.05) is 6.54 Å². The van der Waals surface area contributed by atoms with Gasteiger partial charge < -0.3 is 5.32 Å². The van der Waals surface area contributed by atoms with E-state index in [0.29, 0.717) is 19.4 Å². The van der Waals surface area contributed by atoms with Crippen LogP contribution in [0.25, 0.3) is 5.69 Å². The van der Waals surface area contributed by atoms with Gasteiger partial charge in [-0.2, -0.15) is 0 Å². The number of carbonyl (C=O) groups is 1. The lowest BCUT2D eigenvalue weighted by Gasteiger charge is -2.11. The predicted molar refractivity (Wildman–Crippen MR) is 138 cm³/mol. The van der Waals surface area contributed by atoms with Crippen LogP contribution in [-0.4, -0.2) is 27.2 Å². The maximum Gasteiger partial charge on any atom is 0.220 e. The largest absolute Gasteiger partial charge is 0.356 e. The van der Waals surface area contributed by atoms with Crippen LogP contribution in [0.2, 0.25) is 0 Å². The van der Waals surface area contributed by atoms with Gasteiger partial charge in [-0.3, -0.25) is 9.36 Å². The number of nitrogens with zero attached hydrogens (tertiary/aromatic N) is 3. The average Bonchev–Trinajstić information content (AvgIpc) is 3.25. The lowest BCUT2D eigenvalue weighted by molar-refractivity contribution is -0.121. The van der Waals surface area contributed by atoms with Crippen LogP contribution in [0.4, 0.5) is 0 Å². The minimum atomic E-state index is 0.0309. The first-order valence-corrected chi connectivity index (χ1v) is 12.6. The molecule has 0 bridgehead atoms. The van der Waals surface area contributed by atoms with Gasteiger partial charge in [-0.05, 0) is 43.5 Å². The van der Waals surface area contributed by atoms with Gasteiger partial charge in [0.25, 0.3) is 0 Å². The number of nitrogens with one attached hydrogen (secondary N) is 1. The molecule has 0 aliphatic carbocycles. The highest BCUT2D eigenvalue weighted by molar-refractivity contribution is 7.98. The van der Waals surface area contributed by atoms with Crippen molar-refractivity contribution in [3.05, 3.63) is 107 Å². The number of thioether (sulfide) groups is 1. The molecule has 4 aromatic rings. The second-order valence-electron chi connectivity index (χ2n) is 8.43. The molecule has 1 aromatic heterocycles. The van der Waals surface area contributed by atoms with E-state index in [2.05, 4.69) is 94.6 Å². The zero-order valence-electron chi connectivity index (χ0n) is 19.7. The monoisotopic (exact) mass is 470 g/mol. The van der Waals surface area contributed by atoms with Crippen LogP contribution < -0.4 is 5.32 Å². The van der Waals surface area contributed by atoms with Crippen molar-refractivity contribution in [3.8, 4) is 5.69 Å². The topological polar surface area (TPSA) is 59.8 Å². The van der Waals surface area contributed by atoms with E-state index in [9.17, 15) is 4.79 Å². The smallest absolute Gasteiger partial charge is 0.220 e. The van der Waals surface area contributed by atoms with Crippen molar-refractivity contribution < 1.29 is 4.79 Å². The number of amides is 1. The van der Waals surface area contributed by atoms with Crippen molar-refractivity contribution in [1.82, 2.24) is 20.1 Å². The zero-order valence-corrected chi connectivity index (χ0v) is 20.5. The fourth-order valence-electron chi connectivity index (χ4n) is 3.76. The Morgan fingerprint density at radius 3 is 2.38 bits per heavy atom. The first-order valence-electron chi connectivity index (χ1n) is 11.6. The number of hydrogen-bond acceptors (Lipinski definition) is 4. The van der Waals surface area contributed by atoms with Crippen molar-refractivity contribution in [3.63, 3.8) is 0 Å². The Labute approximate surface area is 205 Å². The molecular weight excluding hydrogens is 440 g/mol. The Morgan fingerprint density at radius 2 is 1.62 bits per heavy atom. The lowest BCUT2D eigenvalue weighted by atomic mass is 10.1. The molecule has 0 saturated heterocycles. The molecule has 34 heavy (non-hydrogen) atoms. The van der Waals surface area contributed by atoms with Crippen molar-refractivity contribution >= 4 is 17.7 Å². The van der Waals surface area contributed by atoms with Crippen molar-refractivity contribution in [2.45, 2.75) is 44.0 Å². The molecule has 4 rings (SSSR count). The summed E-state index contributed by atoms with van der Waals surface area (Å²) in [7, 11) is 0. The Bertz CT molecular complexity index is 1220. The van der Waals surface area contributed by atoms with Crippen LogP contribution in [0, 0.1) is 13.8 Å². The molecule has 1 heterocycles. The summed E-state index contributed by atoms with van der Waals surface area (Å²) in [5.74, 6) is 1.64. The molecule has 1 amide bonds.